The highest BCUT2D eigenvalue weighted by molar-refractivity contribution is 7.99. The molecule has 6 nitrogen and oxygen atoms in total. The number of likely N-dealkylation sites (tertiary alicyclic amines) is 1. The summed E-state index contributed by atoms with van der Waals surface area (Å²) >= 11 is 1.34. The molecule has 3 rings (SSSR count). The van der Waals surface area contributed by atoms with Crippen LogP contribution in [0, 0.1) is 0 Å². The maximum absolute atomic E-state index is 11.5. The van der Waals surface area contributed by atoms with E-state index in [9.17, 15) is 9.59 Å². The Kier molecular flexibility index (Phi) is 4.01. The minimum absolute atomic E-state index is 0.101. The monoisotopic (exact) mass is 303 g/mol. The lowest BCUT2D eigenvalue weighted by Crippen LogP contribution is -2.31. The fourth-order valence-corrected chi connectivity index (χ4v) is 2.75. The average molecular weight is 303 g/mol. The van der Waals surface area contributed by atoms with Gasteiger partial charge in [0.2, 0.25) is 17.7 Å². The molecule has 1 aromatic carbocycles. The van der Waals surface area contributed by atoms with E-state index in [0.717, 1.165) is 5.56 Å². The van der Waals surface area contributed by atoms with Crippen molar-refractivity contribution < 1.29 is 14.0 Å². The highest BCUT2D eigenvalue weighted by Crippen LogP contribution is 2.23. The molecular weight excluding hydrogens is 290 g/mol. The van der Waals surface area contributed by atoms with Crippen molar-refractivity contribution >= 4 is 23.6 Å². The van der Waals surface area contributed by atoms with E-state index in [1.165, 1.54) is 16.7 Å². The standard InChI is InChI=1S/C14H13N3O3S/c18-11-6-7-12(19)17(11)8-9-21-14-16-15-13(20-14)10-4-2-1-3-5-10/h1-5H,6-9H2. The summed E-state index contributed by atoms with van der Waals surface area (Å²) < 4.78 is 5.54. The maximum Gasteiger partial charge on any atom is 0.276 e. The number of imide groups is 1. The molecule has 108 valence electrons. The second kappa shape index (κ2) is 6.09. The quantitative estimate of drug-likeness (QED) is 0.621. The van der Waals surface area contributed by atoms with E-state index in [0.29, 0.717) is 36.3 Å². The molecule has 0 bridgehead atoms. The van der Waals surface area contributed by atoms with E-state index in [4.69, 9.17) is 4.42 Å². The van der Waals surface area contributed by atoms with E-state index >= 15 is 0 Å². The van der Waals surface area contributed by atoms with Gasteiger partial charge in [-0.1, -0.05) is 30.0 Å². The number of rotatable bonds is 5. The molecule has 2 aromatic rings. The van der Waals surface area contributed by atoms with Gasteiger partial charge in [0.1, 0.15) is 0 Å². The zero-order valence-electron chi connectivity index (χ0n) is 11.2. The Morgan fingerprint density at radius 2 is 1.81 bits per heavy atom. The molecule has 2 amide bonds. The van der Waals surface area contributed by atoms with Gasteiger partial charge in [-0.2, -0.15) is 0 Å². The SMILES string of the molecule is O=C1CCC(=O)N1CCSc1nnc(-c2ccccc2)o1. The smallest absolute Gasteiger partial charge is 0.276 e. The lowest BCUT2D eigenvalue weighted by Gasteiger charge is -2.11. The largest absolute Gasteiger partial charge is 0.411 e. The van der Waals surface area contributed by atoms with Crippen LogP contribution in [0.5, 0.6) is 0 Å². The summed E-state index contributed by atoms with van der Waals surface area (Å²) in [5.41, 5.74) is 0.863. The predicted octanol–water partition coefficient (Wildman–Crippen LogP) is 1.98. The Balaban J connectivity index is 1.56. The molecule has 7 heteroatoms. The fraction of sp³-hybridized carbons (Fsp3) is 0.286. The van der Waals surface area contributed by atoms with Crippen molar-refractivity contribution in [3.8, 4) is 11.5 Å². The van der Waals surface area contributed by atoms with Crippen molar-refractivity contribution in [1.29, 1.82) is 0 Å². The Morgan fingerprint density at radius 3 is 2.52 bits per heavy atom. The molecule has 1 aromatic heterocycles. The van der Waals surface area contributed by atoms with Gasteiger partial charge >= 0.3 is 0 Å². The molecule has 1 fully saturated rings. The molecule has 0 aliphatic carbocycles. The van der Waals surface area contributed by atoms with Gasteiger partial charge < -0.3 is 4.42 Å². The third-order valence-electron chi connectivity index (χ3n) is 3.12. The first kappa shape index (κ1) is 13.8. The fourth-order valence-electron chi connectivity index (χ4n) is 2.06. The van der Waals surface area contributed by atoms with E-state index in [-0.39, 0.29) is 11.8 Å². The summed E-state index contributed by atoms with van der Waals surface area (Å²) in [4.78, 5) is 24.2. The second-order valence-electron chi connectivity index (χ2n) is 4.53. The Labute approximate surface area is 125 Å². The van der Waals surface area contributed by atoms with Crippen molar-refractivity contribution in [1.82, 2.24) is 15.1 Å². The zero-order valence-corrected chi connectivity index (χ0v) is 12.0. The van der Waals surface area contributed by atoms with Crippen LogP contribution in [0.15, 0.2) is 40.0 Å². The van der Waals surface area contributed by atoms with E-state index < -0.39 is 0 Å². The molecule has 1 aliphatic heterocycles. The first-order valence-corrected chi connectivity index (χ1v) is 7.57. The molecule has 0 unspecified atom stereocenters. The number of carbonyl (C=O) groups is 2. The second-order valence-corrected chi connectivity index (χ2v) is 5.57. The highest BCUT2D eigenvalue weighted by Gasteiger charge is 2.28. The van der Waals surface area contributed by atoms with Crippen molar-refractivity contribution in [2.45, 2.75) is 18.1 Å². The first-order valence-electron chi connectivity index (χ1n) is 6.59. The van der Waals surface area contributed by atoms with Crippen molar-refractivity contribution in [3.05, 3.63) is 30.3 Å². The molecule has 2 heterocycles. The Bertz CT molecular complexity index is 640. The van der Waals surface area contributed by atoms with Gasteiger partial charge in [0.25, 0.3) is 5.22 Å². The van der Waals surface area contributed by atoms with Gasteiger partial charge in [-0.25, -0.2) is 0 Å². The van der Waals surface area contributed by atoms with Gasteiger partial charge in [-0.05, 0) is 12.1 Å². The Hall–Kier alpha value is -2.15. The normalized spacial score (nSPS) is 15.0. The van der Waals surface area contributed by atoms with Gasteiger partial charge in [-0.3, -0.25) is 14.5 Å². The van der Waals surface area contributed by atoms with Crippen LogP contribution in [0.2, 0.25) is 0 Å². The maximum atomic E-state index is 11.5. The number of aromatic nitrogens is 2. The van der Waals surface area contributed by atoms with Crippen LogP contribution < -0.4 is 0 Å². The molecule has 0 spiro atoms. The topological polar surface area (TPSA) is 76.3 Å². The van der Waals surface area contributed by atoms with Gasteiger partial charge in [-0.15, -0.1) is 10.2 Å². The van der Waals surface area contributed by atoms with Gasteiger partial charge in [0, 0.05) is 30.7 Å². The molecule has 0 radical (unpaired) electrons. The average Bonchev–Trinajstić information content (AvgIpc) is 3.10. The summed E-state index contributed by atoms with van der Waals surface area (Å²) in [5.74, 6) is 0.812. The van der Waals surface area contributed by atoms with Crippen LogP contribution in [0.3, 0.4) is 0 Å². The van der Waals surface area contributed by atoms with Crippen LogP contribution >= 0.6 is 11.8 Å². The van der Waals surface area contributed by atoms with Gasteiger partial charge in [0.05, 0.1) is 0 Å². The molecule has 0 N–H and O–H groups in total. The number of thioether (sulfide) groups is 1. The van der Waals surface area contributed by atoms with Crippen LogP contribution in [0.1, 0.15) is 12.8 Å². The number of amides is 2. The molecular formula is C14H13N3O3S. The summed E-state index contributed by atoms with van der Waals surface area (Å²) in [7, 11) is 0. The predicted molar refractivity (Wildman–Crippen MR) is 76.4 cm³/mol. The van der Waals surface area contributed by atoms with Crippen molar-refractivity contribution in [2.75, 3.05) is 12.3 Å². The zero-order chi connectivity index (χ0) is 14.7. The van der Waals surface area contributed by atoms with E-state index in [1.807, 2.05) is 30.3 Å². The van der Waals surface area contributed by atoms with Crippen molar-refractivity contribution in [3.63, 3.8) is 0 Å². The lowest BCUT2D eigenvalue weighted by atomic mass is 10.2. The van der Waals surface area contributed by atoms with Crippen LogP contribution in [0.25, 0.3) is 11.5 Å². The number of hydrogen-bond donors (Lipinski definition) is 0. The van der Waals surface area contributed by atoms with Crippen molar-refractivity contribution in [2.24, 2.45) is 0 Å². The molecule has 1 saturated heterocycles. The minimum Gasteiger partial charge on any atom is -0.411 e. The number of benzene rings is 1. The summed E-state index contributed by atoms with van der Waals surface area (Å²) in [5, 5.41) is 8.37. The summed E-state index contributed by atoms with van der Waals surface area (Å²) in [6.07, 6.45) is 0.643. The lowest BCUT2D eigenvalue weighted by molar-refractivity contribution is -0.137. The Morgan fingerprint density at radius 1 is 1.10 bits per heavy atom. The highest BCUT2D eigenvalue weighted by atomic mass is 32.2. The van der Waals surface area contributed by atoms with Crippen LogP contribution in [-0.4, -0.2) is 39.2 Å². The molecule has 0 atom stereocenters. The number of nitrogens with zero attached hydrogens (tertiary/aromatic N) is 3. The third kappa shape index (κ3) is 3.13. The molecule has 0 saturated carbocycles. The van der Waals surface area contributed by atoms with Crippen LogP contribution in [0.4, 0.5) is 0 Å². The molecule has 1 aliphatic rings. The van der Waals surface area contributed by atoms with Crippen LogP contribution in [-0.2, 0) is 9.59 Å². The number of hydrogen-bond acceptors (Lipinski definition) is 6. The summed E-state index contributed by atoms with van der Waals surface area (Å²) in [6.45, 7) is 0.380. The number of carbonyl (C=O) groups excluding carboxylic acids is 2. The van der Waals surface area contributed by atoms with E-state index in [2.05, 4.69) is 10.2 Å². The summed E-state index contributed by atoms with van der Waals surface area (Å²) in [6, 6.07) is 9.50. The minimum atomic E-state index is -0.101. The van der Waals surface area contributed by atoms with Gasteiger partial charge in [0.15, 0.2) is 0 Å². The van der Waals surface area contributed by atoms with E-state index in [1.54, 1.807) is 0 Å². The third-order valence-corrected chi connectivity index (χ3v) is 3.92. The molecule has 21 heavy (non-hydrogen) atoms. The first-order chi connectivity index (χ1) is 10.2.